The van der Waals surface area contributed by atoms with Gasteiger partial charge in [-0.1, -0.05) is 37.6 Å². The average molecular weight is 269 g/mol. The van der Waals surface area contributed by atoms with Gasteiger partial charge in [0, 0.05) is 19.5 Å². The number of carbonyl (C=O) groups excluding carboxylic acids is 1. The number of rotatable bonds is 7. The van der Waals surface area contributed by atoms with Gasteiger partial charge in [-0.15, -0.1) is 0 Å². The van der Waals surface area contributed by atoms with Gasteiger partial charge in [-0.25, -0.2) is 0 Å². The first-order valence-corrected chi connectivity index (χ1v) is 6.72. The number of para-hydroxylation sites is 1. The topological polar surface area (TPSA) is 41.1 Å². The zero-order valence-electron chi connectivity index (χ0n) is 11.0. The second-order valence-electron chi connectivity index (χ2n) is 4.69. The summed E-state index contributed by atoms with van der Waals surface area (Å²) in [4.78, 5) is 11.5. The van der Waals surface area contributed by atoms with E-state index in [0.717, 1.165) is 18.7 Å². The normalized spacial score (nSPS) is 10.4. The SMILES string of the molecule is CC(C)CCNC(=O)CCNc1ccccc1Cl. The monoisotopic (exact) mass is 268 g/mol. The van der Waals surface area contributed by atoms with Crippen LogP contribution in [-0.2, 0) is 4.79 Å². The number of halogens is 1. The Labute approximate surface area is 114 Å². The van der Waals surface area contributed by atoms with Crippen LogP contribution in [0.15, 0.2) is 24.3 Å². The summed E-state index contributed by atoms with van der Waals surface area (Å²) in [6, 6.07) is 7.52. The Bertz CT molecular complexity index is 380. The molecule has 4 heteroatoms. The molecule has 1 amide bonds. The van der Waals surface area contributed by atoms with Crippen molar-refractivity contribution in [2.24, 2.45) is 5.92 Å². The quantitative estimate of drug-likeness (QED) is 0.797. The van der Waals surface area contributed by atoms with Crippen LogP contribution in [0, 0.1) is 5.92 Å². The van der Waals surface area contributed by atoms with Crippen molar-refractivity contribution in [3.63, 3.8) is 0 Å². The molecule has 18 heavy (non-hydrogen) atoms. The van der Waals surface area contributed by atoms with Crippen molar-refractivity contribution in [1.82, 2.24) is 5.32 Å². The molecule has 100 valence electrons. The standard InChI is InChI=1S/C14H21ClN2O/c1-11(2)7-9-17-14(18)8-10-16-13-6-4-3-5-12(13)15/h3-6,11,16H,7-10H2,1-2H3,(H,17,18). The zero-order chi connectivity index (χ0) is 13.4. The van der Waals surface area contributed by atoms with Gasteiger partial charge >= 0.3 is 0 Å². The van der Waals surface area contributed by atoms with Crippen LogP contribution in [0.3, 0.4) is 0 Å². The summed E-state index contributed by atoms with van der Waals surface area (Å²) in [5.74, 6) is 0.696. The summed E-state index contributed by atoms with van der Waals surface area (Å²) in [5.41, 5.74) is 0.870. The summed E-state index contributed by atoms with van der Waals surface area (Å²) >= 11 is 5.99. The minimum atomic E-state index is 0.0789. The lowest BCUT2D eigenvalue weighted by Crippen LogP contribution is -2.27. The van der Waals surface area contributed by atoms with Crippen molar-refractivity contribution >= 4 is 23.2 Å². The second kappa shape index (κ2) is 7.98. The molecule has 2 N–H and O–H groups in total. The maximum absolute atomic E-state index is 11.5. The van der Waals surface area contributed by atoms with E-state index in [1.807, 2.05) is 24.3 Å². The third-order valence-corrected chi connectivity index (χ3v) is 2.91. The van der Waals surface area contributed by atoms with Gasteiger partial charge in [0.05, 0.1) is 10.7 Å². The van der Waals surface area contributed by atoms with Crippen LogP contribution in [0.4, 0.5) is 5.69 Å². The number of benzene rings is 1. The van der Waals surface area contributed by atoms with Gasteiger partial charge < -0.3 is 10.6 Å². The van der Waals surface area contributed by atoms with Gasteiger partial charge in [-0.3, -0.25) is 4.79 Å². The van der Waals surface area contributed by atoms with E-state index in [1.54, 1.807) is 0 Å². The molecule has 0 radical (unpaired) electrons. The van der Waals surface area contributed by atoms with Crippen molar-refractivity contribution in [2.45, 2.75) is 26.7 Å². The Kier molecular flexibility index (Phi) is 6.58. The molecule has 0 bridgehead atoms. The Balaban J connectivity index is 2.18. The number of amides is 1. The lowest BCUT2D eigenvalue weighted by Gasteiger charge is -2.09. The second-order valence-corrected chi connectivity index (χ2v) is 5.10. The average Bonchev–Trinajstić information content (AvgIpc) is 2.31. The number of anilines is 1. The highest BCUT2D eigenvalue weighted by Gasteiger charge is 2.02. The molecular weight excluding hydrogens is 248 g/mol. The third-order valence-electron chi connectivity index (χ3n) is 2.59. The fourth-order valence-corrected chi connectivity index (χ4v) is 1.71. The van der Waals surface area contributed by atoms with E-state index in [-0.39, 0.29) is 5.91 Å². The largest absolute Gasteiger partial charge is 0.383 e. The van der Waals surface area contributed by atoms with Crippen molar-refractivity contribution in [3.05, 3.63) is 29.3 Å². The maximum Gasteiger partial charge on any atom is 0.221 e. The van der Waals surface area contributed by atoms with Crippen molar-refractivity contribution in [3.8, 4) is 0 Å². The number of hydrogen-bond acceptors (Lipinski definition) is 2. The van der Waals surface area contributed by atoms with Crippen LogP contribution in [0.25, 0.3) is 0 Å². The fourth-order valence-electron chi connectivity index (χ4n) is 1.50. The summed E-state index contributed by atoms with van der Waals surface area (Å²) in [5, 5.41) is 6.73. The summed E-state index contributed by atoms with van der Waals surface area (Å²) in [6.07, 6.45) is 1.48. The van der Waals surface area contributed by atoms with E-state index in [1.165, 1.54) is 0 Å². The van der Waals surface area contributed by atoms with Gasteiger partial charge in [0.1, 0.15) is 0 Å². The van der Waals surface area contributed by atoms with Crippen molar-refractivity contribution < 1.29 is 4.79 Å². The third kappa shape index (κ3) is 5.92. The molecule has 0 unspecified atom stereocenters. The van der Waals surface area contributed by atoms with Crippen LogP contribution in [0.2, 0.25) is 5.02 Å². The molecule has 0 fully saturated rings. The van der Waals surface area contributed by atoms with Crippen LogP contribution < -0.4 is 10.6 Å². The Hall–Kier alpha value is -1.22. The molecule has 0 aromatic heterocycles. The molecule has 3 nitrogen and oxygen atoms in total. The minimum absolute atomic E-state index is 0.0789. The maximum atomic E-state index is 11.5. The van der Waals surface area contributed by atoms with Gasteiger partial charge in [0.15, 0.2) is 0 Å². The van der Waals surface area contributed by atoms with Crippen molar-refractivity contribution in [2.75, 3.05) is 18.4 Å². The first-order chi connectivity index (χ1) is 8.59. The van der Waals surface area contributed by atoms with E-state index in [2.05, 4.69) is 24.5 Å². The van der Waals surface area contributed by atoms with Gasteiger partial charge in [-0.2, -0.15) is 0 Å². The summed E-state index contributed by atoms with van der Waals surface area (Å²) in [7, 11) is 0. The number of nitrogens with one attached hydrogen (secondary N) is 2. The molecular formula is C14H21ClN2O. The first kappa shape index (κ1) is 14.8. The molecule has 0 heterocycles. The van der Waals surface area contributed by atoms with Gasteiger partial charge in [0.2, 0.25) is 5.91 Å². The first-order valence-electron chi connectivity index (χ1n) is 6.34. The highest BCUT2D eigenvalue weighted by molar-refractivity contribution is 6.33. The highest BCUT2D eigenvalue weighted by Crippen LogP contribution is 2.19. The van der Waals surface area contributed by atoms with E-state index < -0.39 is 0 Å². The predicted octanol–water partition coefficient (Wildman–Crippen LogP) is 3.30. The molecule has 0 aliphatic carbocycles. The Morgan fingerprint density at radius 3 is 2.67 bits per heavy atom. The molecule has 0 atom stereocenters. The molecule has 0 spiro atoms. The lowest BCUT2D eigenvalue weighted by atomic mass is 10.1. The summed E-state index contributed by atoms with van der Waals surface area (Å²) < 4.78 is 0. The Morgan fingerprint density at radius 1 is 1.28 bits per heavy atom. The van der Waals surface area contributed by atoms with Crippen LogP contribution in [0.5, 0.6) is 0 Å². The van der Waals surface area contributed by atoms with E-state index >= 15 is 0 Å². The smallest absolute Gasteiger partial charge is 0.221 e. The number of carbonyl (C=O) groups is 1. The molecule has 1 rings (SSSR count). The predicted molar refractivity (Wildman–Crippen MR) is 77.0 cm³/mol. The number of hydrogen-bond donors (Lipinski definition) is 2. The highest BCUT2D eigenvalue weighted by atomic mass is 35.5. The van der Waals surface area contributed by atoms with Crippen LogP contribution >= 0.6 is 11.6 Å². The zero-order valence-corrected chi connectivity index (χ0v) is 11.8. The Morgan fingerprint density at radius 2 is 2.00 bits per heavy atom. The summed E-state index contributed by atoms with van der Waals surface area (Å²) in [6.45, 7) is 5.63. The molecule has 0 aliphatic heterocycles. The molecule has 0 aliphatic rings. The van der Waals surface area contributed by atoms with Crippen LogP contribution in [0.1, 0.15) is 26.7 Å². The molecule has 1 aromatic carbocycles. The molecule has 1 aromatic rings. The lowest BCUT2D eigenvalue weighted by molar-refractivity contribution is -0.120. The van der Waals surface area contributed by atoms with Gasteiger partial charge in [0.25, 0.3) is 0 Å². The van der Waals surface area contributed by atoms with Crippen LogP contribution in [-0.4, -0.2) is 19.0 Å². The molecule has 0 saturated carbocycles. The van der Waals surface area contributed by atoms with E-state index in [9.17, 15) is 4.79 Å². The minimum Gasteiger partial charge on any atom is -0.383 e. The van der Waals surface area contributed by atoms with E-state index in [0.29, 0.717) is 23.9 Å². The molecule has 0 saturated heterocycles. The fraction of sp³-hybridized carbons (Fsp3) is 0.500. The van der Waals surface area contributed by atoms with Gasteiger partial charge in [-0.05, 0) is 24.5 Å². The van der Waals surface area contributed by atoms with Crippen molar-refractivity contribution in [1.29, 1.82) is 0 Å². The van der Waals surface area contributed by atoms with E-state index in [4.69, 9.17) is 11.6 Å².